The molecule has 2 fully saturated rings. The Balaban J connectivity index is 1.60. The lowest BCUT2D eigenvalue weighted by atomic mass is 9.83. The SMILES string of the molecule is N=C(N)N1CCC[C@H](NC(=O)CN2CCC[C@@](N)(Cc3ccccc3)C2=O)[C@H]1O. The van der Waals surface area contributed by atoms with E-state index in [9.17, 15) is 14.7 Å². The minimum absolute atomic E-state index is 0.101. The van der Waals surface area contributed by atoms with Gasteiger partial charge in [-0.2, -0.15) is 0 Å². The number of nitrogens with one attached hydrogen (secondary N) is 2. The first kappa shape index (κ1) is 21.1. The predicted molar refractivity (Wildman–Crippen MR) is 109 cm³/mol. The second-order valence-corrected chi connectivity index (χ2v) is 7.96. The average Bonchev–Trinajstić information content (AvgIpc) is 2.68. The Kier molecular flexibility index (Phi) is 6.39. The molecule has 7 N–H and O–H groups in total. The van der Waals surface area contributed by atoms with Gasteiger partial charge in [0.05, 0.1) is 18.1 Å². The van der Waals surface area contributed by atoms with Crippen LogP contribution in [0.4, 0.5) is 0 Å². The smallest absolute Gasteiger partial charge is 0.243 e. The largest absolute Gasteiger partial charge is 0.371 e. The molecule has 0 aliphatic carbocycles. The molecule has 0 saturated carbocycles. The van der Waals surface area contributed by atoms with E-state index in [4.69, 9.17) is 16.9 Å². The molecule has 2 amide bonds. The number of benzene rings is 1. The fraction of sp³-hybridized carbons (Fsp3) is 0.550. The van der Waals surface area contributed by atoms with Crippen LogP contribution in [-0.2, 0) is 16.0 Å². The maximum atomic E-state index is 13.0. The van der Waals surface area contributed by atoms with Crippen molar-refractivity contribution in [2.45, 2.75) is 49.9 Å². The molecule has 158 valence electrons. The molecule has 2 aliphatic heterocycles. The van der Waals surface area contributed by atoms with Gasteiger partial charge in [-0.25, -0.2) is 0 Å². The van der Waals surface area contributed by atoms with E-state index >= 15 is 0 Å². The molecule has 1 aromatic rings. The highest BCUT2D eigenvalue weighted by Crippen LogP contribution is 2.24. The molecule has 0 spiro atoms. The standard InChI is InChI=1S/C20H30N6O3/c21-19(22)26-11-4-8-15(17(26)28)24-16(27)13-25-10-5-9-20(23,18(25)29)12-14-6-2-1-3-7-14/h1-3,6-7,15,17,28H,4-5,8-13,23H2,(H3,21,22)(H,24,27)/t15-,17+,20+/m0/s1. The van der Waals surface area contributed by atoms with Gasteiger partial charge in [-0.15, -0.1) is 0 Å². The molecule has 1 aromatic carbocycles. The number of nitrogens with zero attached hydrogens (tertiary/aromatic N) is 2. The van der Waals surface area contributed by atoms with Crippen molar-refractivity contribution >= 4 is 17.8 Å². The Morgan fingerprint density at radius 1 is 1.28 bits per heavy atom. The summed E-state index contributed by atoms with van der Waals surface area (Å²) in [5.41, 5.74) is 11.9. The summed E-state index contributed by atoms with van der Waals surface area (Å²) in [6.07, 6.45) is 1.97. The molecule has 3 rings (SSSR count). The fourth-order valence-electron chi connectivity index (χ4n) is 4.20. The Hall–Kier alpha value is -2.65. The Bertz CT molecular complexity index is 758. The normalized spacial score (nSPS) is 27.6. The van der Waals surface area contributed by atoms with Crippen molar-refractivity contribution < 1.29 is 14.7 Å². The predicted octanol–water partition coefficient (Wildman–Crippen LogP) is -0.659. The molecule has 2 saturated heterocycles. The number of hydrogen-bond acceptors (Lipinski definition) is 5. The zero-order valence-corrected chi connectivity index (χ0v) is 16.5. The van der Waals surface area contributed by atoms with Gasteiger partial charge in [0, 0.05) is 13.1 Å². The number of likely N-dealkylation sites (tertiary alicyclic amines) is 2. The molecule has 0 bridgehead atoms. The second kappa shape index (κ2) is 8.79. The number of carbonyl (C=O) groups is 2. The number of amides is 2. The molecular weight excluding hydrogens is 372 g/mol. The van der Waals surface area contributed by atoms with Crippen molar-refractivity contribution in [1.29, 1.82) is 5.41 Å². The van der Waals surface area contributed by atoms with Crippen molar-refractivity contribution in [3.05, 3.63) is 35.9 Å². The van der Waals surface area contributed by atoms with Gasteiger partial charge in [-0.3, -0.25) is 15.0 Å². The lowest BCUT2D eigenvalue weighted by Crippen LogP contribution is -2.63. The number of carbonyl (C=O) groups excluding carboxylic acids is 2. The van der Waals surface area contributed by atoms with Gasteiger partial charge in [-0.05, 0) is 37.7 Å². The van der Waals surface area contributed by atoms with Crippen molar-refractivity contribution in [3.8, 4) is 0 Å². The van der Waals surface area contributed by atoms with Gasteiger partial charge in [0.2, 0.25) is 11.8 Å². The van der Waals surface area contributed by atoms with Gasteiger partial charge in [0.1, 0.15) is 6.23 Å². The summed E-state index contributed by atoms with van der Waals surface area (Å²) in [6, 6.07) is 9.09. The van der Waals surface area contributed by atoms with Crippen molar-refractivity contribution in [2.75, 3.05) is 19.6 Å². The molecule has 29 heavy (non-hydrogen) atoms. The number of aliphatic hydroxyl groups excluding tert-OH is 1. The molecule has 9 heteroatoms. The van der Waals surface area contributed by atoms with Crippen LogP contribution >= 0.6 is 0 Å². The van der Waals surface area contributed by atoms with E-state index in [-0.39, 0.29) is 24.3 Å². The topological polar surface area (TPSA) is 149 Å². The van der Waals surface area contributed by atoms with Crippen LogP contribution in [0.3, 0.4) is 0 Å². The number of aliphatic hydroxyl groups is 1. The van der Waals surface area contributed by atoms with Crippen LogP contribution < -0.4 is 16.8 Å². The lowest BCUT2D eigenvalue weighted by Gasteiger charge is -2.40. The van der Waals surface area contributed by atoms with Crippen LogP contribution in [0.2, 0.25) is 0 Å². The molecule has 0 unspecified atom stereocenters. The Morgan fingerprint density at radius 3 is 2.69 bits per heavy atom. The number of guanidine groups is 1. The second-order valence-electron chi connectivity index (χ2n) is 7.96. The summed E-state index contributed by atoms with van der Waals surface area (Å²) in [4.78, 5) is 28.4. The minimum atomic E-state index is -1.05. The fourth-order valence-corrected chi connectivity index (χ4v) is 4.20. The summed E-state index contributed by atoms with van der Waals surface area (Å²) in [5.74, 6) is -0.800. The highest BCUT2D eigenvalue weighted by molar-refractivity contribution is 5.91. The van der Waals surface area contributed by atoms with E-state index < -0.39 is 17.8 Å². The van der Waals surface area contributed by atoms with E-state index in [1.165, 1.54) is 9.80 Å². The van der Waals surface area contributed by atoms with Crippen molar-refractivity contribution in [1.82, 2.24) is 15.1 Å². The monoisotopic (exact) mass is 402 g/mol. The first-order valence-corrected chi connectivity index (χ1v) is 10.0. The van der Waals surface area contributed by atoms with E-state index in [0.29, 0.717) is 38.8 Å². The maximum Gasteiger partial charge on any atom is 0.243 e. The first-order chi connectivity index (χ1) is 13.8. The number of nitrogens with two attached hydrogens (primary N) is 2. The van der Waals surface area contributed by atoms with E-state index in [1.807, 2.05) is 30.3 Å². The van der Waals surface area contributed by atoms with Crippen LogP contribution in [-0.4, -0.2) is 70.1 Å². The molecule has 0 aromatic heterocycles. The van der Waals surface area contributed by atoms with Gasteiger partial charge in [0.25, 0.3) is 0 Å². The highest BCUT2D eigenvalue weighted by atomic mass is 16.3. The first-order valence-electron chi connectivity index (χ1n) is 10.0. The molecular formula is C20H30N6O3. The number of piperidine rings is 2. The van der Waals surface area contributed by atoms with Crippen LogP contribution in [0.15, 0.2) is 30.3 Å². The summed E-state index contributed by atoms with van der Waals surface area (Å²) < 4.78 is 0. The number of rotatable bonds is 5. The van der Waals surface area contributed by atoms with Gasteiger partial charge < -0.3 is 31.7 Å². The summed E-state index contributed by atoms with van der Waals surface area (Å²) in [7, 11) is 0. The third-order valence-electron chi connectivity index (χ3n) is 5.71. The zero-order chi connectivity index (χ0) is 21.0. The molecule has 0 radical (unpaired) electrons. The third-order valence-corrected chi connectivity index (χ3v) is 5.71. The average molecular weight is 402 g/mol. The van der Waals surface area contributed by atoms with Gasteiger partial charge >= 0.3 is 0 Å². The van der Waals surface area contributed by atoms with E-state index in [0.717, 1.165) is 12.0 Å². The summed E-state index contributed by atoms with van der Waals surface area (Å²) >= 11 is 0. The van der Waals surface area contributed by atoms with Gasteiger partial charge in [0.15, 0.2) is 5.96 Å². The summed E-state index contributed by atoms with van der Waals surface area (Å²) in [6.45, 7) is 0.852. The number of hydrogen-bond donors (Lipinski definition) is 5. The quantitative estimate of drug-likeness (QED) is 0.326. The lowest BCUT2D eigenvalue weighted by molar-refractivity contribution is -0.144. The highest BCUT2D eigenvalue weighted by Gasteiger charge is 2.41. The van der Waals surface area contributed by atoms with Crippen molar-refractivity contribution in [2.24, 2.45) is 11.5 Å². The molecule has 2 heterocycles. The molecule has 3 atom stereocenters. The van der Waals surface area contributed by atoms with Gasteiger partial charge in [-0.1, -0.05) is 30.3 Å². The van der Waals surface area contributed by atoms with Crippen LogP contribution in [0.5, 0.6) is 0 Å². The maximum absolute atomic E-state index is 13.0. The van der Waals surface area contributed by atoms with Crippen molar-refractivity contribution in [3.63, 3.8) is 0 Å². The molecule has 9 nitrogen and oxygen atoms in total. The van der Waals surface area contributed by atoms with E-state index in [1.54, 1.807) is 0 Å². The van der Waals surface area contributed by atoms with Crippen LogP contribution in [0, 0.1) is 5.41 Å². The minimum Gasteiger partial charge on any atom is -0.371 e. The van der Waals surface area contributed by atoms with Crippen LogP contribution in [0.1, 0.15) is 31.2 Å². The zero-order valence-electron chi connectivity index (χ0n) is 16.5. The Morgan fingerprint density at radius 2 is 2.00 bits per heavy atom. The Labute approximate surface area is 170 Å². The van der Waals surface area contributed by atoms with Crippen LogP contribution in [0.25, 0.3) is 0 Å². The third kappa shape index (κ3) is 4.86. The van der Waals surface area contributed by atoms with E-state index in [2.05, 4.69) is 5.32 Å². The summed E-state index contributed by atoms with van der Waals surface area (Å²) in [5, 5.41) is 20.6. The molecule has 2 aliphatic rings.